The Kier molecular flexibility index (Phi) is 5.19. The molecule has 0 aliphatic carbocycles. The second-order valence-corrected chi connectivity index (χ2v) is 6.26. The van der Waals surface area contributed by atoms with E-state index in [0.717, 1.165) is 5.56 Å². The molecule has 0 unspecified atom stereocenters. The van der Waals surface area contributed by atoms with Gasteiger partial charge in [0, 0.05) is 5.56 Å². The van der Waals surface area contributed by atoms with Gasteiger partial charge in [-0.2, -0.15) is 25.9 Å². The van der Waals surface area contributed by atoms with Gasteiger partial charge in [-0.25, -0.2) is 9.97 Å². The van der Waals surface area contributed by atoms with Crippen LogP contribution in [0.5, 0.6) is 0 Å². The fraction of sp³-hybridized carbons (Fsp3) is 0.0909. The molecule has 2 rings (SSSR count). The van der Waals surface area contributed by atoms with Crippen LogP contribution in [-0.4, -0.2) is 23.9 Å². The van der Waals surface area contributed by atoms with E-state index in [1.807, 2.05) is 11.5 Å². The highest BCUT2D eigenvalue weighted by molar-refractivity contribution is 9.10. The third-order valence-electron chi connectivity index (χ3n) is 2.40. The number of hydrogen-bond acceptors (Lipinski definition) is 7. The van der Waals surface area contributed by atoms with Crippen molar-refractivity contribution < 1.29 is 25.9 Å². The zero-order valence-electron chi connectivity index (χ0n) is 11.0. The van der Waals surface area contributed by atoms with E-state index < -0.39 is 15.6 Å². The van der Waals surface area contributed by atoms with Crippen molar-refractivity contribution in [1.82, 2.24) is 15.6 Å². The van der Waals surface area contributed by atoms with E-state index in [0.29, 0.717) is 5.69 Å². The lowest BCUT2D eigenvalue weighted by molar-refractivity contribution is -0.0575. The Hall–Kier alpha value is -1.76. The molecule has 2 N–H and O–H groups in total. The van der Waals surface area contributed by atoms with Crippen LogP contribution < -0.4 is 11.0 Å². The van der Waals surface area contributed by atoms with Crippen LogP contribution in [0.2, 0.25) is 0 Å². The number of nitrogens with one attached hydrogen (secondary N) is 2. The van der Waals surface area contributed by atoms with Crippen LogP contribution in [0.3, 0.4) is 0 Å². The second-order valence-electron chi connectivity index (χ2n) is 3.97. The summed E-state index contributed by atoms with van der Waals surface area (Å²) in [6.45, 7) is 0. The van der Waals surface area contributed by atoms with E-state index >= 15 is 0 Å². The standard InChI is InChI=1S/C11H8BrF3N4O3S/c12-9-10(18-19-22-23(20,21)11(13,14)15)16-6-8(17-9)7-4-2-1-3-5-7/h1-6,19H,(H,16,18). The number of hydrogen-bond donors (Lipinski definition) is 2. The van der Waals surface area contributed by atoms with E-state index in [2.05, 4.69) is 30.2 Å². The van der Waals surface area contributed by atoms with Crippen molar-refractivity contribution in [3.8, 4) is 11.3 Å². The monoisotopic (exact) mass is 412 g/mol. The van der Waals surface area contributed by atoms with Crippen molar-refractivity contribution >= 4 is 31.9 Å². The van der Waals surface area contributed by atoms with Crippen molar-refractivity contribution in [3.05, 3.63) is 41.1 Å². The average molecular weight is 413 g/mol. The van der Waals surface area contributed by atoms with E-state index in [4.69, 9.17) is 0 Å². The molecule has 0 saturated carbocycles. The van der Waals surface area contributed by atoms with Crippen LogP contribution in [0.25, 0.3) is 11.3 Å². The molecule has 0 amide bonds. The number of nitrogens with zero attached hydrogens (tertiary/aromatic N) is 2. The molecule has 124 valence electrons. The lowest BCUT2D eigenvalue weighted by Gasteiger charge is -2.11. The molecule has 0 aliphatic heterocycles. The third kappa shape index (κ3) is 4.37. The van der Waals surface area contributed by atoms with Crippen molar-refractivity contribution in [2.75, 3.05) is 5.43 Å². The fourth-order valence-corrected chi connectivity index (χ4v) is 2.01. The third-order valence-corrected chi connectivity index (χ3v) is 3.83. The lowest BCUT2D eigenvalue weighted by atomic mass is 10.2. The molecule has 1 aromatic heterocycles. The largest absolute Gasteiger partial charge is 0.524 e. The molecule has 0 aliphatic rings. The van der Waals surface area contributed by atoms with Crippen molar-refractivity contribution in [2.24, 2.45) is 0 Å². The molecule has 0 radical (unpaired) electrons. The molecule has 1 aromatic carbocycles. The van der Waals surface area contributed by atoms with Gasteiger partial charge >= 0.3 is 15.6 Å². The van der Waals surface area contributed by atoms with Crippen LogP contribution in [0, 0.1) is 0 Å². The van der Waals surface area contributed by atoms with Crippen LogP contribution >= 0.6 is 15.9 Å². The first-order valence-electron chi connectivity index (χ1n) is 5.79. The summed E-state index contributed by atoms with van der Waals surface area (Å²) in [6, 6.07) is 9.01. The Morgan fingerprint density at radius 1 is 1.17 bits per heavy atom. The summed E-state index contributed by atoms with van der Waals surface area (Å²) in [7, 11) is -5.77. The van der Waals surface area contributed by atoms with Crippen LogP contribution in [-0.2, 0) is 14.4 Å². The predicted octanol–water partition coefficient (Wildman–Crippen LogP) is 2.60. The maximum Gasteiger partial charge on any atom is 0.524 e. The summed E-state index contributed by atoms with van der Waals surface area (Å²) < 4.78 is 61.2. The van der Waals surface area contributed by atoms with E-state index in [9.17, 15) is 21.6 Å². The number of alkyl halides is 3. The van der Waals surface area contributed by atoms with Crippen molar-refractivity contribution in [1.29, 1.82) is 0 Å². The number of aromatic nitrogens is 2. The summed E-state index contributed by atoms with van der Waals surface area (Å²) in [5.74, 6) is -0.0675. The summed E-state index contributed by atoms with van der Waals surface area (Å²) in [5.41, 5.74) is -0.753. The minimum atomic E-state index is -5.77. The molecule has 1 heterocycles. The van der Waals surface area contributed by atoms with Crippen LogP contribution in [0.1, 0.15) is 0 Å². The maximum absolute atomic E-state index is 12.1. The highest BCUT2D eigenvalue weighted by Crippen LogP contribution is 2.25. The molecule has 0 bridgehead atoms. The lowest BCUT2D eigenvalue weighted by Crippen LogP contribution is -2.34. The quantitative estimate of drug-likeness (QED) is 0.575. The SMILES string of the molecule is O=S(=O)(ONNc1ncc(-c2ccccc2)nc1Br)C(F)(F)F. The zero-order valence-corrected chi connectivity index (χ0v) is 13.4. The van der Waals surface area contributed by atoms with Gasteiger partial charge in [-0.3, -0.25) is 5.43 Å². The smallest absolute Gasteiger partial charge is 0.279 e. The summed E-state index contributed by atoms with van der Waals surface area (Å²) >= 11 is 3.06. The number of hydrazine groups is 1. The van der Waals surface area contributed by atoms with Gasteiger partial charge in [0.15, 0.2) is 5.82 Å². The molecule has 12 heteroatoms. The number of anilines is 1. The summed E-state index contributed by atoms with van der Waals surface area (Å²) in [6.07, 6.45) is 1.35. The number of rotatable bonds is 5. The highest BCUT2D eigenvalue weighted by Gasteiger charge is 2.48. The molecule has 7 nitrogen and oxygen atoms in total. The van der Waals surface area contributed by atoms with Crippen molar-refractivity contribution in [3.63, 3.8) is 0 Å². The summed E-state index contributed by atoms with van der Waals surface area (Å²) in [5, 5.41) is 0. The molecule has 0 saturated heterocycles. The summed E-state index contributed by atoms with van der Waals surface area (Å²) in [4.78, 5) is 8.03. The Labute approximate surface area is 137 Å². The second kappa shape index (κ2) is 6.78. The molecular formula is C11H8BrF3N4O3S. The zero-order chi connectivity index (χ0) is 17.1. The van der Waals surface area contributed by atoms with Crippen LogP contribution in [0.15, 0.2) is 41.1 Å². The van der Waals surface area contributed by atoms with Gasteiger partial charge in [-0.05, 0) is 15.9 Å². The minimum absolute atomic E-state index is 0.0675. The Bertz CT molecular complexity index is 787. The fourth-order valence-electron chi connectivity index (χ4n) is 1.37. The van der Waals surface area contributed by atoms with E-state index in [-0.39, 0.29) is 10.4 Å². The maximum atomic E-state index is 12.1. The van der Waals surface area contributed by atoms with E-state index in [1.54, 1.807) is 24.3 Å². The Morgan fingerprint density at radius 2 is 1.83 bits per heavy atom. The normalized spacial score (nSPS) is 12.2. The highest BCUT2D eigenvalue weighted by atomic mass is 79.9. The molecular weight excluding hydrogens is 405 g/mol. The molecule has 2 aromatic rings. The van der Waals surface area contributed by atoms with Gasteiger partial charge in [-0.1, -0.05) is 35.9 Å². The van der Waals surface area contributed by atoms with Gasteiger partial charge in [0.1, 0.15) is 4.60 Å². The topological polar surface area (TPSA) is 93.2 Å². The molecule has 0 fully saturated rings. The van der Waals surface area contributed by atoms with Gasteiger partial charge in [-0.15, -0.1) is 0 Å². The van der Waals surface area contributed by atoms with Gasteiger partial charge < -0.3 is 0 Å². The first kappa shape index (κ1) is 17.6. The molecule has 0 atom stereocenters. The average Bonchev–Trinajstić information content (AvgIpc) is 2.48. The minimum Gasteiger partial charge on any atom is -0.279 e. The number of benzene rings is 1. The number of halogens is 4. The first-order chi connectivity index (χ1) is 10.7. The van der Waals surface area contributed by atoms with Crippen LogP contribution in [0.4, 0.5) is 19.0 Å². The Morgan fingerprint density at radius 3 is 2.39 bits per heavy atom. The van der Waals surface area contributed by atoms with Crippen molar-refractivity contribution in [2.45, 2.75) is 5.51 Å². The first-order valence-corrected chi connectivity index (χ1v) is 7.99. The molecule has 0 spiro atoms. The van der Waals surface area contributed by atoms with Gasteiger partial charge in [0.25, 0.3) is 0 Å². The Balaban J connectivity index is 2.05. The van der Waals surface area contributed by atoms with E-state index in [1.165, 1.54) is 11.8 Å². The predicted molar refractivity (Wildman–Crippen MR) is 78.0 cm³/mol. The van der Waals surface area contributed by atoms with Gasteiger partial charge in [0.2, 0.25) is 0 Å². The molecule has 23 heavy (non-hydrogen) atoms. The van der Waals surface area contributed by atoms with Gasteiger partial charge in [0.05, 0.1) is 11.9 Å².